The van der Waals surface area contributed by atoms with E-state index in [-0.39, 0.29) is 6.04 Å². The summed E-state index contributed by atoms with van der Waals surface area (Å²) < 4.78 is 7.48. The van der Waals surface area contributed by atoms with Crippen LogP contribution in [0.2, 0.25) is 10.0 Å². The molecule has 0 aliphatic heterocycles. The number of benzene rings is 2. The van der Waals surface area contributed by atoms with Crippen molar-refractivity contribution >= 4 is 61.7 Å². The molecule has 2 aromatic rings. The molecule has 21 heavy (non-hydrogen) atoms. The van der Waals surface area contributed by atoms with E-state index in [1.165, 1.54) is 0 Å². The third-order valence-corrected chi connectivity index (χ3v) is 5.08. The van der Waals surface area contributed by atoms with Gasteiger partial charge in [0.2, 0.25) is 0 Å². The minimum atomic E-state index is -0.352. The van der Waals surface area contributed by atoms with Crippen LogP contribution in [0.5, 0.6) is 5.75 Å². The third kappa shape index (κ3) is 4.05. The highest BCUT2D eigenvalue weighted by Gasteiger charge is 2.18. The maximum Gasteiger partial charge on any atom is 0.139 e. The van der Waals surface area contributed by atoms with Crippen molar-refractivity contribution in [1.29, 1.82) is 0 Å². The molecule has 0 aromatic heterocycles. The Morgan fingerprint density at radius 3 is 2.57 bits per heavy atom. The van der Waals surface area contributed by atoms with Gasteiger partial charge in [-0.25, -0.2) is 0 Å². The molecule has 0 aliphatic rings. The largest absolute Gasteiger partial charge is 0.492 e. The minimum Gasteiger partial charge on any atom is -0.492 e. The summed E-state index contributed by atoms with van der Waals surface area (Å²) in [6, 6.07) is 9.11. The van der Waals surface area contributed by atoms with E-state index in [0.29, 0.717) is 22.4 Å². The van der Waals surface area contributed by atoms with E-state index in [2.05, 4.69) is 38.5 Å². The van der Waals surface area contributed by atoms with E-state index in [4.69, 9.17) is 33.7 Å². The lowest BCUT2D eigenvalue weighted by Gasteiger charge is -2.18. The van der Waals surface area contributed by atoms with Crippen molar-refractivity contribution in [1.82, 2.24) is 0 Å². The monoisotopic (exact) mass is 499 g/mol. The van der Waals surface area contributed by atoms with Gasteiger partial charge in [-0.3, -0.25) is 0 Å². The van der Waals surface area contributed by atoms with Gasteiger partial charge in [0.05, 0.1) is 17.7 Å². The number of ether oxygens (including phenoxy) is 1. The first kappa shape index (κ1) is 17.3. The summed E-state index contributed by atoms with van der Waals surface area (Å²) in [6.07, 6.45) is 0. The van der Waals surface area contributed by atoms with Gasteiger partial charge in [-0.15, -0.1) is 0 Å². The Bertz CT molecular complexity index is 666. The molecule has 0 saturated carbocycles. The SMILES string of the molecule is CCOc1cc(Cl)c(C(N)c2cc(Br)ccc2I)cc1Cl. The summed E-state index contributed by atoms with van der Waals surface area (Å²) in [5.74, 6) is 0.573. The molecule has 0 bridgehead atoms. The highest BCUT2D eigenvalue weighted by molar-refractivity contribution is 14.1. The summed E-state index contributed by atoms with van der Waals surface area (Å²) >= 11 is 18.3. The van der Waals surface area contributed by atoms with Gasteiger partial charge in [0.25, 0.3) is 0 Å². The van der Waals surface area contributed by atoms with Gasteiger partial charge >= 0.3 is 0 Å². The van der Waals surface area contributed by atoms with Gasteiger partial charge in [0.15, 0.2) is 0 Å². The second kappa shape index (κ2) is 7.51. The lowest BCUT2D eigenvalue weighted by molar-refractivity contribution is 0.340. The van der Waals surface area contributed by atoms with Crippen molar-refractivity contribution in [2.75, 3.05) is 6.61 Å². The first-order valence-electron chi connectivity index (χ1n) is 6.26. The Morgan fingerprint density at radius 1 is 1.19 bits per heavy atom. The van der Waals surface area contributed by atoms with Crippen LogP contribution in [0.3, 0.4) is 0 Å². The molecule has 112 valence electrons. The van der Waals surface area contributed by atoms with Gasteiger partial charge < -0.3 is 10.5 Å². The molecule has 2 nitrogen and oxygen atoms in total. The molecule has 6 heteroatoms. The zero-order valence-electron chi connectivity index (χ0n) is 11.2. The molecule has 2 rings (SSSR count). The number of halogens is 4. The number of rotatable bonds is 4. The maximum atomic E-state index is 6.37. The molecule has 0 fully saturated rings. The Kier molecular flexibility index (Phi) is 6.20. The van der Waals surface area contributed by atoms with E-state index in [9.17, 15) is 0 Å². The van der Waals surface area contributed by atoms with Crippen molar-refractivity contribution in [3.63, 3.8) is 0 Å². The predicted molar refractivity (Wildman–Crippen MR) is 101 cm³/mol. The maximum absolute atomic E-state index is 6.37. The van der Waals surface area contributed by atoms with Crippen molar-refractivity contribution < 1.29 is 4.74 Å². The number of hydrogen-bond donors (Lipinski definition) is 1. The predicted octanol–water partition coefficient (Wildman–Crippen LogP) is 5.81. The van der Waals surface area contributed by atoms with E-state index >= 15 is 0 Å². The van der Waals surface area contributed by atoms with Gasteiger partial charge in [-0.1, -0.05) is 39.1 Å². The molecular formula is C15H13BrCl2INO. The van der Waals surface area contributed by atoms with E-state index < -0.39 is 0 Å². The average molecular weight is 501 g/mol. The first-order valence-corrected chi connectivity index (χ1v) is 8.89. The van der Waals surface area contributed by atoms with Gasteiger partial charge in [-0.2, -0.15) is 0 Å². The van der Waals surface area contributed by atoms with Crippen LogP contribution in [0.25, 0.3) is 0 Å². The number of nitrogens with two attached hydrogens (primary N) is 1. The van der Waals surface area contributed by atoms with Crippen LogP contribution in [0.15, 0.2) is 34.8 Å². The highest BCUT2D eigenvalue weighted by atomic mass is 127. The Labute approximate surface area is 156 Å². The summed E-state index contributed by atoms with van der Waals surface area (Å²) in [4.78, 5) is 0. The molecule has 0 heterocycles. The third-order valence-electron chi connectivity index (χ3n) is 2.98. The molecule has 1 unspecified atom stereocenters. The Morgan fingerprint density at radius 2 is 1.90 bits per heavy atom. The topological polar surface area (TPSA) is 35.2 Å². The Hall–Kier alpha value is -0.0100. The zero-order chi connectivity index (χ0) is 15.6. The molecule has 0 aliphatic carbocycles. The molecule has 0 amide bonds. The van der Waals surface area contributed by atoms with Crippen LogP contribution < -0.4 is 10.5 Å². The second-order valence-corrected chi connectivity index (χ2v) is 7.27. The van der Waals surface area contributed by atoms with Crippen molar-refractivity contribution in [3.05, 3.63) is 59.5 Å². The molecule has 2 aromatic carbocycles. The molecule has 0 radical (unpaired) electrons. The van der Waals surface area contributed by atoms with E-state index in [0.717, 1.165) is 19.2 Å². The lowest BCUT2D eigenvalue weighted by Crippen LogP contribution is -2.14. The molecule has 2 N–H and O–H groups in total. The second-order valence-electron chi connectivity index (χ2n) is 4.38. The van der Waals surface area contributed by atoms with Crippen LogP contribution in [0, 0.1) is 3.57 Å². The molecule has 0 saturated heterocycles. The van der Waals surface area contributed by atoms with Crippen LogP contribution >= 0.6 is 61.7 Å². The minimum absolute atomic E-state index is 0.352. The zero-order valence-corrected chi connectivity index (χ0v) is 16.4. The van der Waals surface area contributed by atoms with E-state index in [1.54, 1.807) is 12.1 Å². The molecular weight excluding hydrogens is 488 g/mol. The van der Waals surface area contributed by atoms with Gasteiger partial charge in [0, 0.05) is 19.1 Å². The lowest BCUT2D eigenvalue weighted by atomic mass is 9.99. The summed E-state index contributed by atoms with van der Waals surface area (Å²) in [6.45, 7) is 2.43. The standard InChI is InChI=1S/C15H13BrCl2INO/c1-2-21-14-7-11(17)9(6-12(14)18)15(20)10-5-8(16)3-4-13(10)19/h3-7,15H,2,20H2,1H3. The van der Waals surface area contributed by atoms with Crippen molar-refractivity contribution in [3.8, 4) is 5.75 Å². The van der Waals surface area contributed by atoms with E-state index in [1.807, 2.05) is 25.1 Å². The summed E-state index contributed by atoms with van der Waals surface area (Å²) in [7, 11) is 0. The fraction of sp³-hybridized carbons (Fsp3) is 0.200. The molecule has 0 spiro atoms. The van der Waals surface area contributed by atoms with Crippen LogP contribution in [-0.4, -0.2) is 6.61 Å². The number of hydrogen-bond acceptors (Lipinski definition) is 2. The summed E-state index contributed by atoms with van der Waals surface area (Å²) in [5.41, 5.74) is 8.14. The van der Waals surface area contributed by atoms with Crippen LogP contribution in [-0.2, 0) is 0 Å². The normalized spacial score (nSPS) is 12.3. The fourth-order valence-electron chi connectivity index (χ4n) is 1.97. The summed E-state index contributed by atoms with van der Waals surface area (Å²) in [5, 5.41) is 1.06. The Balaban J connectivity index is 2.46. The van der Waals surface area contributed by atoms with Gasteiger partial charge in [-0.05, 0) is 64.9 Å². The molecule has 1 atom stereocenters. The van der Waals surface area contributed by atoms with Crippen LogP contribution in [0.4, 0.5) is 0 Å². The first-order chi connectivity index (χ1) is 9.93. The highest BCUT2D eigenvalue weighted by Crippen LogP contribution is 2.37. The fourth-order valence-corrected chi connectivity index (χ4v) is 3.52. The average Bonchev–Trinajstić information content (AvgIpc) is 2.44. The van der Waals surface area contributed by atoms with Gasteiger partial charge in [0.1, 0.15) is 5.75 Å². The quantitative estimate of drug-likeness (QED) is 0.538. The smallest absolute Gasteiger partial charge is 0.139 e. The van der Waals surface area contributed by atoms with Crippen LogP contribution in [0.1, 0.15) is 24.1 Å². The van der Waals surface area contributed by atoms with Crippen molar-refractivity contribution in [2.45, 2.75) is 13.0 Å². The van der Waals surface area contributed by atoms with Crippen molar-refractivity contribution in [2.24, 2.45) is 5.73 Å².